The maximum atomic E-state index is 10.4. The highest BCUT2D eigenvalue weighted by Gasteiger charge is 2.63. The van der Waals surface area contributed by atoms with Crippen LogP contribution in [-0.4, -0.2) is 11.4 Å². The fraction of sp³-hybridized carbons (Fsp3) is 0.721. The fourth-order valence-electron chi connectivity index (χ4n) is 12.0. The van der Waals surface area contributed by atoms with Crippen LogP contribution in [-0.2, 0) is 21.3 Å². The van der Waals surface area contributed by atoms with E-state index in [0.717, 1.165) is 59.5 Å². The van der Waals surface area contributed by atoms with Crippen molar-refractivity contribution in [2.45, 2.75) is 138 Å². The Bertz CT molecular complexity index is 1320. The molecule has 11 atom stereocenters. The van der Waals surface area contributed by atoms with Gasteiger partial charge in [-0.2, -0.15) is 0 Å². The summed E-state index contributed by atoms with van der Waals surface area (Å²) in [5.41, 5.74) is 5.24. The molecule has 4 fully saturated rings. The molecule has 4 saturated carbocycles. The van der Waals surface area contributed by atoms with E-state index in [4.69, 9.17) is 14.7 Å². The molecule has 0 saturated heterocycles. The second kappa shape index (κ2) is 14.6. The predicted molar refractivity (Wildman–Crippen MR) is 190 cm³/mol. The molecular weight excluding hydrogens is 580 g/mol. The minimum absolute atomic E-state index is 0.0188. The van der Waals surface area contributed by atoms with Crippen LogP contribution in [0.2, 0.25) is 0 Å². The summed E-state index contributed by atoms with van der Waals surface area (Å²) in [5, 5.41) is 10.4. The van der Waals surface area contributed by atoms with E-state index in [1.807, 2.05) is 0 Å². The number of hydrogen-bond donors (Lipinski definition) is 1. The van der Waals surface area contributed by atoms with Gasteiger partial charge in [-0.15, -0.1) is 0 Å². The topological polar surface area (TPSA) is 47.9 Å². The average Bonchev–Trinajstić information content (AvgIpc) is 3.39. The lowest BCUT2D eigenvalue weighted by Crippen LogP contribution is -2.58. The summed E-state index contributed by atoms with van der Waals surface area (Å²) >= 11 is 0. The van der Waals surface area contributed by atoms with Crippen molar-refractivity contribution >= 4 is 0 Å². The highest BCUT2D eigenvalue weighted by Crippen LogP contribution is 2.69. The van der Waals surface area contributed by atoms with E-state index in [2.05, 4.69) is 97.0 Å². The molecule has 0 bridgehead atoms. The lowest BCUT2D eigenvalue weighted by Gasteiger charge is -2.63. The van der Waals surface area contributed by atoms with E-state index in [0.29, 0.717) is 17.9 Å². The SMILES string of the molecule is Cc1cccc(COOC2C(C(OO)c3cccc(C)c3)CCC3(C)C4CCC5(C)C(C(C)CCCC(C)C)CCC5C4CCC23)c1. The standard InChI is InChI=1S/C43H64O4/c1-28(2)11-8-14-31(5)36-19-20-37-34-17-18-39-41(47-45-27-32-15-9-12-29(3)25-32)35(40(46-44)33-16-10-13-30(4)26-33)21-23-43(39,7)38(34)22-24-42(36,37)6/h9-10,12-13,15-16,25-26,28,31,34-41,44H,8,11,14,17-24,27H2,1-7H3. The second-order valence-electron chi connectivity index (χ2n) is 17.6. The van der Waals surface area contributed by atoms with Gasteiger partial charge in [-0.1, -0.05) is 114 Å². The summed E-state index contributed by atoms with van der Waals surface area (Å²) in [4.78, 5) is 18.1. The molecule has 0 aliphatic heterocycles. The van der Waals surface area contributed by atoms with Crippen LogP contribution >= 0.6 is 0 Å². The zero-order valence-corrected chi connectivity index (χ0v) is 30.5. The first-order valence-electron chi connectivity index (χ1n) is 19.3. The molecule has 47 heavy (non-hydrogen) atoms. The zero-order valence-electron chi connectivity index (χ0n) is 30.5. The van der Waals surface area contributed by atoms with E-state index in [1.165, 1.54) is 68.9 Å². The molecule has 4 heteroatoms. The molecule has 0 radical (unpaired) electrons. The lowest BCUT2D eigenvalue weighted by atomic mass is 9.43. The highest BCUT2D eigenvalue weighted by molar-refractivity contribution is 5.26. The maximum absolute atomic E-state index is 10.4. The van der Waals surface area contributed by atoms with Crippen molar-refractivity contribution in [1.82, 2.24) is 0 Å². The monoisotopic (exact) mass is 644 g/mol. The first kappa shape index (κ1) is 35.1. The van der Waals surface area contributed by atoms with Gasteiger partial charge in [0.05, 0.1) is 0 Å². The summed E-state index contributed by atoms with van der Waals surface area (Å²) in [6, 6.07) is 16.9. The van der Waals surface area contributed by atoms with Crippen LogP contribution in [0.15, 0.2) is 48.5 Å². The molecule has 0 spiro atoms. The quantitative estimate of drug-likeness (QED) is 0.184. The van der Waals surface area contributed by atoms with Crippen molar-refractivity contribution in [2.75, 3.05) is 0 Å². The number of rotatable bonds is 12. The first-order valence-corrected chi connectivity index (χ1v) is 19.3. The van der Waals surface area contributed by atoms with Crippen molar-refractivity contribution in [3.8, 4) is 0 Å². The third-order valence-electron chi connectivity index (χ3n) is 14.3. The van der Waals surface area contributed by atoms with Crippen LogP contribution in [0.1, 0.15) is 134 Å². The van der Waals surface area contributed by atoms with E-state index >= 15 is 0 Å². The van der Waals surface area contributed by atoms with Gasteiger partial charge in [0.15, 0.2) is 0 Å². The molecule has 4 nitrogen and oxygen atoms in total. The van der Waals surface area contributed by atoms with Crippen LogP contribution < -0.4 is 0 Å². The molecular formula is C43H64O4. The van der Waals surface area contributed by atoms with E-state index in [-0.39, 0.29) is 17.4 Å². The van der Waals surface area contributed by atoms with Gasteiger partial charge in [-0.25, -0.2) is 14.7 Å². The third kappa shape index (κ3) is 7.01. The molecule has 0 amide bonds. The van der Waals surface area contributed by atoms with E-state index in [1.54, 1.807) is 0 Å². The van der Waals surface area contributed by atoms with Gasteiger partial charge in [0.25, 0.3) is 0 Å². The molecule has 2 aromatic carbocycles. The molecule has 11 unspecified atom stereocenters. The van der Waals surface area contributed by atoms with Crippen molar-refractivity contribution in [3.05, 3.63) is 70.8 Å². The van der Waals surface area contributed by atoms with Gasteiger partial charge < -0.3 is 0 Å². The molecule has 2 aromatic rings. The lowest BCUT2D eigenvalue weighted by molar-refractivity contribution is -0.387. The Morgan fingerprint density at radius 1 is 0.787 bits per heavy atom. The van der Waals surface area contributed by atoms with E-state index < -0.39 is 6.10 Å². The molecule has 1 N–H and O–H groups in total. The van der Waals surface area contributed by atoms with Crippen LogP contribution in [0.25, 0.3) is 0 Å². The van der Waals surface area contributed by atoms with Crippen LogP contribution in [0.3, 0.4) is 0 Å². The van der Waals surface area contributed by atoms with Gasteiger partial charge in [0, 0.05) is 5.92 Å². The molecule has 260 valence electrons. The van der Waals surface area contributed by atoms with Gasteiger partial charge >= 0.3 is 0 Å². The van der Waals surface area contributed by atoms with Gasteiger partial charge in [0.2, 0.25) is 0 Å². The summed E-state index contributed by atoms with van der Waals surface area (Å²) in [5.74, 6) is 5.32. The smallest absolute Gasteiger partial charge is 0.123 e. The second-order valence-corrected chi connectivity index (χ2v) is 17.6. The average molecular weight is 645 g/mol. The highest BCUT2D eigenvalue weighted by atomic mass is 17.2. The molecule has 0 aromatic heterocycles. The Morgan fingerprint density at radius 2 is 1.49 bits per heavy atom. The first-order chi connectivity index (χ1) is 22.5. The van der Waals surface area contributed by atoms with Gasteiger partial charge in [-0.3, -0.25) is 5.26 Å². The fourth-order valence-corrected chi connectivity index (χ4v) is 12.0. The summed E-state index contributed by atoms with van der Waals surface area (Å²) < 4.78 is 0. The minimum atomic E-state index is -0.438. The molecule has 4 aliphatic rings. The number of benzene rings is 2. The zero-order chi connectivity index (χ0) is 33.3. The Hall–Kier alpha value is -1.72. The number of fused-ring (bicyclic) bond motifs is 5. The van der Waals surface area contributed by atoms with Crippen molar-refractivity contribution in [2.24, 2.45) is 58.2 Å². The Labute approximate surface area is 286 Å². The van der Waals surface area contributed by atoms with Crippen molar-refractivity contribution in [3.63, 3.8) is 0 Å². The summed E-state index contributed by atoms with van der Waals surface area (Å²) in [7, 11) is 0. The Kier molecular flexibility index (Phi) is 10.9. The van der Waals surface area contributed by atoms with Crippen LogP contribution in [0.4, 0.5) is 0 Å². The third-order valence-corrected chi connectivity index (χ3v) is 14.3. The molecule has 0 heterocycles. The predicted octanol–water partition coefficient (Wildman–Crippen LogP) is 11.7. The summed E-state index contributed by atoms with van der Waals surface area (Å²) in [6.45, 7) is 17.3. The normalized spacial score (nSPS) is 36.4. The van der Waals surface area contributed by atoms with Crippen LogP contribution in [0, 0.1) is 72.0 Å². The van der Waals surface area contributed by atoms with Gasteiger partial charge in [0.1, 0.15) is 18.8 Å². The maximum Gasteiger partial charge on any atom is 0.123 e. The summed E-state index contributed by atoms with van der Waals surface area (Å²) in [6.07, 6.45) is 13.7. The van der Waals surface area contributed by atoms with E-state index in [9.17, 15) is 5.26 Å². The molecule has 6 rings (SSSR count). The van der Waals surface area contributed by atoms with Crippen molar-refractivity contribution < 1.29 is 19.9 Å². The van der Waals surface area contributed by atoms with Gasteiger partial charge in [-0.05, 0) is 129 Å². The minimum Gasteiger partial charge on any atom is -0.251 e. The number of hydrogen-bond acceptors (Lipinski definition) is 4. The largest absolute Gasteiger partial charge is 0.251 e. The van der Waals surface area contributed by atoms with Crippen LogP contribution in [0.5, 0.6) is 0 Å². The Balaban J connectivity index is 1.22. The molecule has 4 aliphatic carbocycles. The van der Waals surface area contributed by atoms with Crippen molar-refractivity contribution in [1.29, 1.82) is 0 Å². The Morgan fingerprint density at radius 3 is 2.21 bits per heavy atom. The number of aryl methyl sites for hydroxylation is 2.